The quantitative estimate of drug-likeness (QED) is 0.130. The van der Waals surface area contributed by atoms with Gasteiger partial charge in [0.2, 0.25) is 5.88 Å². The molecule has 0 bridgehead atoms. The van der Waals surface area contributed by atoms with Crippen LogP contribution in [0.4, 0.5) is 11.6 Å². The number of furan rings is 4. The number of aliphatic imine (C=N–C) groups is 1. The predicted octanol–water partition coefficient (Wildman–Crippen LogP) is 7.35. The van der Waals surface area contributed by atoms with E-state index in [1.54, 1.807) is 42.5 Å². The second kappa shape index (κ2) is 8.73. The van der Waals surface area contributed by atoms with Gasteiger partial charge in [-0.3, -0.25) is 10.1 Å². The number of hydrogen-bond acceptors (Lipinski definition) is 8. The summed E-state index contributed by atoms with van der Waals surface area (Å²) in [6.45, 7) is 0. The van der Waals surface area contributed by atoms with Crippen LogP contribution in [0.15, 0.2) is 94.3 Å². The molecule has 0 amide bonds. The molecule has 166 valence electrons. The minimum absolute atomic E-state index is 0.0365. The highest BCUT2D eigenvalue weighted by Gasteiger charge is 2.26. The van der Waals surface area contributed by atoms with Crippen molar-refractivity contribution in [2.24, 2.45) is 4.99 Å². The fourth-order valence-electron chi connectivity index (χ4n) is 3.36. The van der Waals surface area contributed by atoms with Crippen LogP contribution in [0.2, 0.25) is 0 Å². The van der Waals surface area contributed by atoms with Gasteiger partial charge in [0.05, 0.1) is 29.2 Å². The third-order valence-corrected chi connectivity index (χ3v) is 5.53. The second-order valence-corrected chi connectivity index (χ2v) is 7.79. The summed E-state index contributed by atoms with van der Waals surface area (Å²) < 4.78 is 23.2. The van der Waals surface area contributed by atoms with Crippen LogP contribution in [0.5, 0.6) is 0 Å². The summed E-state index contributed by atoms with van der Waals surface area (Å²) in [7, 11) is 0. The summed E-state index contributed by atoms with van der Waals surface area (Å²) >= 11 is 3.34. The lowest BCUT2D eigenvalue weighted by molar-refractivity contribution is -0.384. The molecule has 0 radical (unpaired) electrons. The van der Waals surface area contributed by atoms with Crippen molar-refractivity contribution in [2.75, 3.05) is 0 Å². The molecule has 0 unspecified atom stereocenters. The molecule has 34 heavy (non-hydrogen) atoms. The van der Waals surface area contributed by atoms with Gasteiger partial charge in [-0.1, -0.05) is 0 Å². The summed E-state index contributed by atoms with van der Waals surface area (Å²) in [5.41, 5.74) is 1.22. The lowest BCUT2D eigenvalue weighted by Crippen LogP contribution is -1.88. The van der Waals surface area contributed by atoms with Gasteiger partial charge in [0, 0.05) is 22.2 Å². The second-order valence-electron chi connectivity index (χ2n) is 6.93. The molecule has 1 aromatic carbocycles. The van der Waals surface area contributed by atoms with Gasteiger partial charge >= 0.3 is 0 Å². The van der Waals surface area contributed by atoms with Gasteiger partial charge in [-0.15, -0.1) is 0 Å². The number of benzene rings is 1. The van der Waals surface area contributed by atoms with Gasteiger partial charge in [-0.25, -0.2) is 4.99 Å². The highest BCUT2D eigenvalue weighted by atomic mass is 79.9. The highest BCUT2D eigenvalue weighted by molar-refractivity contribution is 9.10. The van der Waals surface area contributed by atoms with Crippen molar-refractivity contribution in [1.29, 1.82) is 5.26 Å². The smallest absolute Gasteiger partial charge is 0.270 e. The third-order valence-electron chi connectivity index (χ3n) is 4.88. The Morgan fingerprint density at radius 2 is 1.76 bits per heavy atom. The maximum Gasteiger partial charge on any atom is 0.270 e. The highest BCUT2D eigenvalue weighted by Crippen LogP contribution is 2.43. The summed E-state index contributed by atoms with van der Waals surface area (Å²) in [4.78, 5) is 14.8. The number of rotatable bonds is 6. The zero-order valence-electron chi connectivity index (χ0n) is 17.1. The van der Waals surface area contributed by atoms with Crippen LogP contribution in [0.1, 0.15) is 11.3 Å². The Morgan fingerprint density at radius 3 is 2.41 bits per heavy atom. The molecule has 0 atom stereocenters. The number of nitrogens with zero attached hydrogens (tertiary/aromatic N) is 3. The van der Waals surface area contributed by atoms with Gasteiger partial charge in [-0.05, 0) is 58.4 Å². The van der Waals surface area contributed by atoms with Gasteiger partial charge in [0.1, 0.15) is 28.9 Å². The molecule has 5 rings (SSSR count). The Labute approximate surface area is 199 Å². The van der Waals surface area contributed by atoms with E-state index in [2.05, 4.69) is 27.0 Å². The topological polar surface area (TPSA) is 132 Å². The largest absolute Gasteiger partial charge is 0.464 e. The van der Waals surface area contributed by atoms with Crippen LogP contribution in [-0.4, -0.2) is 11.1 Å². The number of hydrogen-bond donors (Lipinski definition) is 0. The Balaban J connectivity index is 1.50. The molecule has 5 aromatic rings. The molecule has 10 heteroatoms. The van der Waals surface area contributed by atoms with E-state index >= 15 is 0 Å². The summed E-state index contributed by atoms with van der Waals surface area (Å²) in [5.74, 6) is 2.12. The Morgan fingerprint density at radius 1 is 1.00 bits per heavy atom. The molecular weight excluding hydrogens is 506 g/mol. The monoisotopic (exact) mass is 517 g/mol. The number of halogens is 1. The first-order valence-corrected chi connectivity index (χ1v) is 10.6. The van der Waals surface area contributed by atoms with Crippen LogP contribution in [0.3, 0.4) is 0 Å². The fraction of sp³-hybridized carbons (Fsp3) is 0. The molecule has 0 saturated heterocycles. The molecule has 0 fully saturated rings. The molecule has 9 nitrogen and oxygen atoms in total. The van der Waals surface area contributed by atoms with Crippen LogP contribution in [0.25, 0.3) is 34.2 Å². The molecule has 0 aliphatic heterocycles. The van der Waals surface area contributed by atoms with Crippen molar-refractivity contribution in [3.05, 3.63) is 93.0 Å². The number of non-ortho nitro benzene ring substituents is 1. The lowest BCUT2D eigenvalue weighted by atomic mass is 10.1. The maximum absolute atomic E-state index is 11.0. The van der Waals surface area contributed by atoms with Gasteiger partial charge in [-0.2, -0.15) is 5.26 Å². The van der Waals surface area contributed by atoms with E-state index in [1.807, 2.05) is 0 Å². The van der Waals surface area contributed by atoms with Crippen LogP contribution in [0, 0.1) is 21.4 Å². The Bertz CT molecular complexity index is 1550. The van der Waals surface area contributed by atoms with Crippen molar-refractivity contribution in [2.45, 2.75) is 0 Å². The van der Waals surface area contributed by atoms with Gasteiger partial charge in [0.25, 0.3) is 5.69 Å². The average molecular weight is 518 g/mol. The molecule has 0 aliphatic rings. The third kappa shape index (κ3) is 3.85. The van der Waals surface area contributed by atoms with E-state index in [-0.39, 0.29) is 17.1 Å². The minimum Gasteiger partial charge on any atom is -0.464 e. The summed E-state index contributed by atoms with van der Waals surface area (Å²) in [6, 6.07) is 16.7. The standard InChI is InChI=1S/C24H12BrN3O6/c25-18-11-14(28(29)30)5-7-16(18)19-8-6-15(33-19)13-27-24-17(12-26)22(20-3-1-9-31-20)23(34-24)21-4-2-10-32-21/h1-11,13H. The van der Waals surface area contributed by atoms with Crippen molar-refractivity contribution < 1.29 is 22.6 Å². The molecule has 4 aromatic heterocycles. The van der Waals surface area contributed by atoms with E-state index < -0.39 is 4.92 Å². The maximum atomic E-state index is 11.0. The zero-order chi connectivity index (χ0) is 23.7. The van der Waals surface area contributed by atoms with E-state index in [1.165, 1.54) is 30.9 Å². The van der Waals surface area contributed by atoms with Gasteiger partial charge in [0.15, 0.2) is 11.5 Å². The van der Waals surface area contributed by atoms with Crippen LogP contribution >= 0.6 is 15.9 Å². The summed E-state index contributed by atoms with van der Waals surface area (Å²) in [5, 5.41) is 20.8. The summed E-state index contributed by atoms with van der Waals surface area (Å²) in [6.07, 6.45) is 4.42. The Hall–Kier alpha value is -4.62. The van der Waals surface area contributed by atoms with E-state index in [9.17, 15) is 15.4 Å². The van der Waals surface area contributed by atoms with Gasteiger partial charge < -0.3 is 17.7 Å². The number of nitro benzene ring substituents is 1. The number of nitriles is 1. The van der Waals surface area contributed by atoms with E-state index in [4.69, 9.17) is 17.7 Å². The van der Waals surface area contributed by atoms with Crippen molar-refractivity contribution in [3.8, 4) is 40.2 Å². The first-order valence-electron chi connectivity index (χ1n) is 9.78. The molecule has 0 aliphatic carbocycles. The van der Waals surface area contributed by atoms with Crippen molar-refractivity contribution in [1.82, 2.24) is 0 Å². The number of nitro groups is 1. The lowest BCUT2D eigenvalue weighted by Gasteiger charge is -2.00. The van der Waals surface area contributed by atoms with Crippen LogP contribution in [-0.2, 0) is 0 Å². The van der Waals surface area contributed by atoms with E-state index in [0.29, 0.717) is 44.4 Å². The average Bonchev–Trinajstić information content (AvgIpc) is 3.63. The first kappa shape index (κ1) is 21.2. The minimum atomic E-state index is -0.473. The fourth-order valence-corrected chi connectivity index (χ4v) is 3.92. The molecule has 0 saturated carbocycles. The van der Waals surface area contributed by atoms with Crippen LogP contribution < -0.4 is 0 Å². The normalized spacial score (nSPS) is 11.2. The van der Waals surface area contributed by atoms with Crippen molar-refractivity contribution >= 4 is 33.7 Å². The van der Waals surface area contributed by atoms with Crippen molar-refractivity contribution in [3.63, 3.8) is 0 Å². The first-order chi connectivity index (χ1) is 16.5. The van der Waals surface area contributed by atoms with E-state index in [0.717, 1.165) is 0 Å². The molecule has 4 heterocycles. The predicted molar refractivity (Wildman–Crippen MR) is 125 cm³/mol. The molecule has 0 spiro atoms. The Kier molecular flexibility index (Phi) is 5.45. The molecule has 0 N–H and O–H groups in total. The zero-order valence-corrected chi connectivity index (χ0v) is 18.7. The molecular formula is C24H12BrN3O6. The SMILES string of the molecule is N#Cc1c(N=Cc2ccc(-c3ccc([N+](=O)[O-])cc3Br)o2)oc(-c2ccco2)c1-c1ccco1.